The van der Waals surface area contributed by atoms with Crippen LogP contribution in [-0.4, -0.2) is 28.8 Å². The summed E-state index contributed by atoms with van der Waals surface area (Å²) in [7, 11) is 0. The van der Waals surface area contributed by atoms with E-state index >= 15 is 0 Å². The Morgan fingerprint density at radius 3 is 2.81 bits per heavy atom. The predicted octanol–water partition coefficient (Wildman–Crippen LogP) is 3.29. The lowest BCUT2D eigenvalue weighted by molar-refractivity contribution is 0.640. The summed E-state index contributed by atoms with van der Waals surface area (Å²) in [5.41, 5.74) is 0. The van der Waals surface area contributed by atoms with E-state index in [9.17, 15) is 0 Å². The highest BCUT2D eigenvalue weighted by Crippen LogP contribution is 2.18. The molecule has 0 aliphatic carbocycles. The number of nitrogens with zero attached hydrogens (tertiary/aromatic N) is 2. The third kappa shape index (κ3) is 5.70. The first-order chi connectivity index (χ1) is 7.72. The van der Waals surface area contributed by atoms with Crippen LogP contribution < -0.4 is 5.32 Å². The van der Waals surface area contributed by atoms with E-state index in [0.717, 1.165) is 23.1 Å². The maximum Gasteiger partial charge on any atom is 0.205 e. The van der Waals surface area contributed by atoms with E-state index in [0.29, 0.717) is 5.92 Å². The maximum absolute atomic E-state index is 4.17. The molecular formula is C11H21N3S2. The molecule has 92 valence electrons. The summed E-state index contributed by atoms with van der Waals surface area (Å²) in [6.45, 7) is 5.42. The molecule has 16 heavy (non-hydrogen) atoms. The van der Waals surface area contributed by atoms with Gasteiger partial charge in [0.05, 0.1) is 0 Å². The molecule has 0 radical (unpaired) electrons. The zero-order chi connectivity index (χ0) is 11.8. The van der Waals surface area contributed by atoms with Crippen molar-refractivity contribution in [3.63, 3.8) is 0 Å². The molecule has 0 unspecified atom stereocenters. The highest BCUT2D eigenvalue weighted by atomic mass is 32.2. The van der Waals surface area contributed by atoms with E-state index in [1.54, 1.807) is 11.3 Å². The van der Waals surface area contributed by atoms with Crippen molar-refractivity contribution in [2.24, 2.45) is 5.92 Å². The molecule has 0 bridgehead atoms. The number of nitrogens with one attached hydrogen (secondary N) is 1. The average Bonchev–Trinajstić information content (AvgIpc) is 2.64. The highest BCUT2D eigenvalue weighted by Gasteiger charge is 2.05. The molecule has 0 fully saturated rings. The summed E-state index contributed by atoms with van der Waals surface area (Å²) in [6.07, 6.45) is 5.66. The van der Waals surface area contributed by atoms with Crippen molar-refractivity contribution in [3.05, 3.63) is 5.01 Å². The Morgan fingerprint density at radius 1 is 1.31 bits per heavy atom. The Labute approximate surface area is 106 Å². The molecule has 0 saturated heterocycles. The van der Waals surface area contributed by atoms with Crippen LogP contribution in [0.15, 0.2) is 0 Å². The van der Waals surface area contributed by atoms with Gasteiger partial charge >= 0.3 is 0 Å². The van der Waals surface area contributed by atoms with Crippen molar-refractivity contribution < 1.29 is 0 Å². The zero-order valence-electron chi connectivity index (χ0n) is 10.3. The van der Waals surface area contributed by atoms with Crippen molar-refractivity contribution in [2.75, 3.05) is 23.9 Å². The van der Waals surface area contributed by atoms with Crippen LogP contribution in [0.4, 0.5) is 5.13 Å². The number of thioether (sulfide) groups is 1. The summed E-state index contributed by atoms with van der Waals surface area (Å²) >= 11 is 3.59. The lowest BCUT2D eigenvalue weighted by Gasteiger charge is -2.00. The third-order valence-electron chi connectivity index (χ3n) is 2.10. The van der Waals surface area contributed by atoms with Crippen molar-refractivity contribution in [2.45, 2.75) is 33.1 Å². The van der Waals surface area contributed by atoms with Gasteiger partial charge in [-0.2, -0.15) is 11.8 Å². The number of anilines is 1. The van der Waals surface area contributed by atoms with Gasteiger partial charge in [0, 0.05) is 13.0 Å². The standard InChI is InChI=1S/C11H21N3S2/c1-9(2)8-10-13-14-11(16-10)12-6-4-5-7-15-3/h9H,4-8H2,1-3H3,(H,12,14). The smallest absolute Gasteiger partial charge is 0.205 e. The Hall–Kier alpha value is -0.290. The van der Waals surface area contributed by atoms with E-state index in [2.05, 4.69) is 35.6 Å². The minimum atomic E-state index is 0.655. The first-order valence-corrected chi connectivity index (χ1v) is 7.98. The van der Waals surface area contributed by atoms with Crippen LogP contribution in [0, 0.1) is 5.92 Å². The Balaban J connectivity index is 2.19. The van der Waals surface area contributed by atoms with Crippen LogP contribution in [0.1, 0.15) is 31.7 Å². The molecule has 3 nitrogen and oxygen atoms in total. The number of aromatic nitrogens is 2. The van der Waals surface area contributed by atoms with Crippen molar-refractivity contribution >= 4 is 28.2 Å². The van der Waals surface area contributed by atoms with Gasteiger partial charge in [-0.1, -0.05) is 25.2 Å². The minimum Gasteiger partial charge on any atom is -0.360 e. The number of rotatable bonds is 8. The van der Waals surface area contributed by atoms with Gasteiger partial charge in [0.2, 0.25) is 5.13 Å². The second kappa shape index (κ2) is 7.90. The molecule has 1 rings (SSSR count). The Morgan fingerprint density at radius 2 is 2.12 bits per heavy atom. The van der Waals surface area contributed by atoms with E-state index in [-0.39, 0.29) is 0 Å². The topological polar surface area (TPSA) is 37.8 Å². The fraction of sp³-hybridized carbons (Fsp3) is 0.818. The summed E-state index contributed by atoms with van der Waals surface area (Å²) in [5, 5.41) is 13.8. The quantitative estimate of drug-likeness (QED) is 0.727. The average molecular weight is 259 g/mol. The van der Waals surface area contributed by atoms with Crippen molar-refractivity contribution in [1.29, 1.82) is 0 Å². The fourth-order valence-corrected chi connectivity index (χ4v) is 2.79. The van der Waals surface area contributed by atoms with Crippen LogP contribution in [0.2, 0.25) is 0 Å². The van der Waals surface area contributed by atoms with Crippen LogP contribution >= 0.6 is 23.1 Å². The molecule has 0 aliphatic rings. The molecular weight excluding hydrogens is 238 g/mol. The van der Waals surface area contributed by atoms with Crippen LogP contribution in [0.3, 0.4) is 0 Å². The monoisotopic (exact) mass is 259 g/mol. The maximum atomic E-state index is 4.17. The van der Waals surface area contributed by atoms with Crippen LogP contribution in [0.5, 0.6) is 0 Å². The number of hydrogen-bond acceptors (Lipinski definition) is 5. The number of hydrogen-bond donors (Lipinski definition) is 1. The number of unbranched alkanes of at least 4 members (excludes halogenated alkanes) is 1. The second-order valence-corrected chi connectivity index (χ2v) is 6.27. The van der Waals surface area contributed by atoms with Gasteiger partial charge in [0.15, 0.2) is 0 Å². The zero-order valence-corrected chi connectivity index (χ0v) is 12.0. The molecule has 0 atom stereocenters. The molecule has 0 aromatic carbocycles. The second-order valence-electron chi connectivity index (χ2n) is 4.23. The largest absolute Gasteiger partial charge is 0.360 e. The minimum absolute atomic E-state index is 0.655. The first-order valence-electron chi connectivity index (χ1n) is 5.77. The molecule has 1 aromatic heterocycles. The van der Waals surface area contributed by atoms with Gasteiger partial charge in [-0.05, 0) is 30.8 Å². The Kier molecular flexibility index (Phi) is 6.80. The lowest BCUT2D eigenvalue weighted by Crippen LogP contribution is -2.01. The molecule has 5 heteroatoms. The van der Waals surface area contributed by atoms with Crippen LogP contribution in [-0.2, 0) is 6.42 Å². The van der Waals surface area contributed by atoms with Gasteiger partial charge in [-0.25, -0.2) is 0 Å². The summed E-state index contributed by atoms with van der Waals surface area (Å²) in [4.78, 5) is 0. The van der Waals surface area contributed by atoms with Crippen molar-refractivity contribution in [1.82, 2.24) is 10.2 Å². The van der Waals surface area contributed by atoms with Crippen LogP contribution in [0.25, 0.3) is 0 Å². The molecule has 1 heterocycles. The SMILES string of the molecule is CSCCCCNc1nnc(CC(C)C)s1. The molecule has 0 amide bonds. The van der Waals surface area contributed by atoms with E-state index in [4.69, 9.17) is 0 Å². The predicted molar refractivity (Wildman–Crippen MR) is 74.6 cm³/mol. The fourth-order valence-electron chi connectivity index (χ4n) is 1.32. The van der Waals surface area contributed by atoms with Gasteiger partial charge in [0.1, 0.15) is 5.01 Å². The van der Waals surface area contributed by atoms with Gasteiger partial charge in [-0.3, -0.25) is 0 Å². The summed E-state index contributed by atoms with van der Waals surface area (Å²) in [6, 6.07) is 0. The first kappa shape index (κ1) is 13.8. The Bertz CT molecular complexity index is 287. The molecule has 0 spiro atoms. The van der Waals surface area contributed by atoms with Crippen molar-refractivity contribution in [3.8, 4) is 0 Å². The molecule has 0 saturated carbocycles. The van der Waals surface area contributed by atoms with Gasteiger partial charge in [0.25, 0.3) is 0 Å². The summed E-state index contributed by atoms with van der Waals surface area (Å²) in [5.74, 6) is 1.90. The van der Waals surface area contributed by atoms with E-state index < -0.39 is 0 Å². The lowest BCUT2D eigenvalue weighted by atomic mass is 10.1. The summed E-state index contributed by atoms with van der Waals surface area (Å²) < 4.78 is 0. The van der Waals surface area contributed by atoms with Gasteiger partial charge < -0.3 is 5.32 Å². The van der Waals surface area contributed by atoms with Gasteiger partial charge in [-0.15, -0.1) is 10.2 Å². The van der Waals surface area contributed by atoms with E-state index in [1.165, 1.54) is 18.6 Å². The highest BCUT2D eigenvalue weighted by molar-refractivity contribution is 7.98. The normalized spacial score (nSPS) is 11.0. The van der Waals surface area contributed by atoms with E-state index in [1.807, 2.05) is 11.8 Å². The third-order valence-corrected chi connectivity index (χ3v) is 3.70. The molecule has 0 aliphatic heterocycles. The molecule has 1 N–H and O–H groups in total. The molecule has 1 aromatic rings.